The molecule has 0 saturated carbocycles. The smallest absolute Gasteiger partial charge is 0.252 e. The Hall–Kier alpha value is -2.20. The van der Waals surface area contributed by atoms with E-state index in [1.54, 1.807) is 24.5 Å². The fraction of sp³-hybridized carbons (Fsp3) is 0.250. The Morgan fingerprint density at radius 1 is 1.15 bits per heavy atom. The van der Waals surface area contributed by atoms with Crippen LogP contribution in [0, 0.1) is 0 Å². The van der Waals surface area contributed by atoms with Crippen molar-refractivity contribution >= 4 is 5.91 Å². The van der Waals surface area contributed by atoms with E-state index in [0.29, 0.717) is 12.1 Å². The fourth-order valence-corrected chi connectivity index (χ4v) is 1.93. The number of hydrogen-bond donors (Lipinski definition) is 2. The summed E-state index contributed by atoms with van der Waals surface area (Å²) in [5.74, 6) is -0.0545. The van der Waals surface area contributed by atoms with Gasteiger partial charge in [-0.25, -0.2) is 0 Å². The average Bonchev–Trinajstić information content (AvgIpc) is 2.52. The van der Waals surface area contributed by atoms with Gasteiger partial charge in [-0.05, 0) is 12.1 Å². The molecule has 1 heterocycles. The zero-order chi connectivity index (χ0) is 14.0. The standard InChI is InChI=1S/C16H19N3O/c20-16(15-8-4-9-18-13-15)19-11-5-10-17-12-14-6-2-1-3-7-14/h1-4,6-9,13,17H,5,10-12H2,(H,19,20)/p+1. The van der Waals surface area contributed by atoms with Gasteiger partial charge in [0.05, 0.1) is 12.1 Å². The normalized spacial score (nSPS) is 10.2. The van der Waals surface area contributed by atoms with Gasteiger partial charge in [-0.15, -0.1) is 0 Å². The highest BCUT2D eigenvalue weighted by atomic mass is 16.1. The second kappa shape index (κ2) is 8.07. The third-order valence-electron chi connectivity index (χ3n) is 3.02. The predicted octanol–water partition coefficient (Wildman–Crippen LogP) is 0.965. The van der Waals surface area contributed by atoms with Crippen LogP contribution in [-0.2, 0) is 6.54 Å². The summed E-state index contributed by atoms with van der Waals surface area (Å²) in [6.45, 7) is 2.68. The van der Waals surface area contributed by atoms with Crippen LogP contribution in [0.25, 0.3) is 0 Å². The number of nitrogens with two attached hydrogens (primary N) is 1. The molecule has 2 rings (SSSR count). The summed E-state index contributed by atoms with van der Waals surface area (Å²) < 4.78 is 0. The molecule has 0 saturated heterocycles. The van der Waals surface area contributed by atoms with Crippen molar-refractivity contribution in [2.24, 2.45) is 0 Å². The minimum atomic E-state index is -0.0545. The van der Waals surface area contributed by atoms with Crippen LogP contribution in [0.15, 0.2) is 54.9 Å². The van der Waals surface area contributed by atoms with Gasteiger partial charge >= 0.3 is 0 Å². The fourth-order valence-electron chi connectivity index (χ4n) is 1.93. The molecule has 104 valence electrons. The summed E-state index contributed by atoms with van der Waals surface area (Å²) in [6.07, 6.45) is 4.20. The number of pyridine rings is 1. The van der Waals surface area contributed by atoms with Gasteiger partial charge in [0.15, 0.2) is 0 Å². The monoisotopic (exact) mass is 270 g/mol. The van der Waals surface area contributed by atoms with Crippen LogP contribution in [0.5, 0.6) is 0 Å². The summed E-state index contributed by atoms with van der Waals surface area (Å²) in [7, 11) is 0. The number of aromatic nitrogens is 1. The van der Waals surface area contributed by atoms with Crippen molar-refractivity contribution in [3.8, 4) is 0 Å². The van der Waals surface area contributed by atoms with Crippen molar-refractivity contribution < 1.29 is 10.1 Å². The Labute approximate surface area is 119 Å². The Balaban J connectivity index is 1.57. The van der Waals surface area contributed by atoms with Crippen molar-refractivity contribution in [3.05, 3.63) is 66.0 Å². The number of benzene rings is 1. The van der Waals surface area contributed by atoms with Gasteiger partial charge in [-0.2, -0.15) is 0 Å². The van der Waals surface area contributed by atoms with Crippen molar-refractivity contribution in [1.29, 1.82) is 0 Å². The topological polar surface area (TPSA) is 58.6 Å². The Bertz CT molecular complexity index is 514. The molecule has 2 aromatic rings. The van der Waals surface area contributed by atoms with Gasteiger partial charge in [-0.1, -0.05) is 30.3 Å². The number of carbonyl (C=O) groups is 1. The quantitative estimate of drug-likeness (QED) is 0.736. The van der Waals surface area contributed by atoms with E-state index in [2.05, 4.69) is 39.9 Å². The average molecular weight is 270 g/mol. The van der Waals surface area contributed by atoms with Crippen LogP contribution >= 0.6 is 0 Å². The molecule has 0 fully saturated rings. The minimum Gasteiger partial charge on any atom is -0.352 e. The van der Waals surface area contributed by atoms with Crippen LogP contribution in [0.1, 0.15) is 22.3 Å². The van der Waals surface area contributed by atoms with E-state index in [9.17, 15) is 4.79 Å². The lowest BCUT2D eigenvalue weighted by atomic mass is 10.2. The van der Waals surface area contributed by atoms with Gasteiger partial charge in [-0.3, -0.25) is 9.78 Å². The lowest BCUT2D eigenvalue weighted by molar-refractivity contribution is -0.670. The van der Waals surface area contributed by atoms with Crippen LogP contribution < -0.4 is 10.6 Å². The van der Waals surface area contributed by atoms with Crippen molar-refractivity contribution in [2.75, 3.05) is 13.1 Å². The lowest BCUT2D eigenvalue weighted by Gasteiger charge is -2.05. The van der Waals surface area contributed by atoms with Gasteiger partial charge < -0.3 is 10.6 Å². The zero-order valence-electron chi connectivity index (χ0n) is 11.5. The van der Waals surface area contributed by atoms with Crippen molar-refractivity contribution in [3.63, 3.8) is 0 Å². The molecule has 0 radical (unpaired) electrons. The maximum Gasteiger partial charge on any atom is 0.252 e. The molecule has 1 amide bonds. The Kier molecular flexibility index (Phi) is 5.73. The van der Waals surface area contributed by atoms with Crippen LogP contribution in [-0.4, -0.2) is 24.0 Å². The highest BCUT2D eigenvalue weighted by molar-refractivity contribution is 5.93. The van der Waals surface area contributed by atoms with E-state index in [0.717, 1.165) is 19.5 Å². The molecule has 4 nitrogen and oxygen atoms in total. The highest BCUT2D eigenvalue weighted by Gasteiger charge is 2.03. The van der Waals surface area contributed by atoms with Crippen LogP contribution in [0.3, 0.4) is 0 Å². The van der Waals surface area contributed by atoms with E-state index < -0.39 is 0 Å². The number of amides is 1. The second-order valence-electron chi connectivity index (χ2n) is 4.62. The van der Waals surface area contributed by atoms with Crippen molar-refractivity contribution in [2.45, 2.75) is 13.0 Å². The summed E-state index contributed by atoms with van der Waals surface area (Å²) in [5.41, 5.74) is 1.94. The molecule has 0 unspecified atom stereocenters. The number of hydrogen-bond acceptors (Lipinski definition) is 2. The molecule has 1 aromatic heterocycles. The van der Waals surface area contributed by atoms with Gasteiger partial charge in [0.25, 0.3) is 5.91 Å². The second-order valence-corrected chi connectivity index (χ2v) is 4.62. The Morgan fingerprint density at radius 3 is 2.75 bits per heavy atom. The van der Waals surface area contributed by atoms with E-state index in [1.165, 1.54) is 5.56 Å². The number of carbonyl (C=O) groups excluding carboxylic acids is 1. The molecule has 4 heteroatoms. The van der Waals surface area contributed by atoms with Gasteiger partial charge in [0.1, 0.15) is 6.54 Å². The largest absolute Gasteiger partial charge is 0.352 e. The first-order valence-corrected chi connectivity index (χ1v) is 6.90. The summed E-state index contributed by atoms with van der Waals surface area (Å²) >= 11 is 0. The molecular weight excluding hydrogens is 250 g/mol. The van der Waals surface area contributed by atoms with Crippen LogP contribution in [0.2, 0.25) is 0 Å². The van der Waals surface area contributed by atoms with Crippen LogP contribution in [0.4, 0.5) is 0 Å². The molecule has 1 aromatic carbocycles. The molecule has 3 N–H and O–H groups in total. The first-order chi connectivity index (χ1) is 9.86. The molecular formula is C16H20N3O+. The zero-order valence-corrected chi connectivity index (χ0v) is 11.5. The third-order valence-corrected chi connectivity index (χ3v) is 3.02. The summed E-state index contributed by atoms with van der Waals surface area (Å²) in [5, 5.41) is 5.15. The summed E-state index contributed by atoms with van der Waals surface area (Å²) in [6, 6.07) is 13.9. The molecule has 0 spiro atoms. The SMILES string of the molecule is O=C(NCCC[NH2+]Cc1ccccc1)c1cccnc1. The maximum atomic E-state index is 11.7. The number of nitrogens with one attached hydrogen (secondary N) is 1. The highest BCUT2D eigenvalue weighted by Crippen LogP contribution is 1.95. The number of rotatable bonds is 7. The first kappa shape index (κ1) is 14.2. The molecule has 0 aliphatic carbocycles. The molecule has 0 bridgehead atoms. The predicted molar refractivity (Wildman–Crippen MR) is 78.1 cm³/mol. The van der Waals surface area contributed by atoms with E-state index in [4.69, 9.17) is 0 Å². The lowest BCUT2D eigenvalue weighted by Crippen LogP contribution is -2.82. The molecule has 20 heavy (non-hydrogen) atoms. The van der Waals surface area contributed by atoms with E-state index in [-0.39, 0.29) is 5.91 Å². The first-order valence-electron chi connectivity index (χ1n) is 6.90. The van der Waals surface area contributed by atoms with Crippen molar-refractivity contribution in [1.82, 2.24) is 10.3 Å². The van der Waals surface area contributed by atoms with Gasteiger partial charge in [0.2, 0.25) is 0 Å². The number of quaternary nitrogens is 1. The summed E-state index contributed by atoms with van der Waals surface area (Å²) in [4.78, 5) is 15.7. The molecule has 0 atom stereocenters. The Morgan fingerprint density at radius 2 is 2.00 bits per heavy atom. The molecule has 0 aliphatic heterocycles. The van der Waals surface area contributed by atoms with E-state index in [1.807, 2.05) is 6.07 Å². The minimum absolute atomic E-state index is 0.0545. The van der Waals surface area contributed by atoms with E-state index >= 15 is 0 Å². The third kappa shape index (κ3) is 4.82. The number of nitrogens with zero attached hydrogens (tertiary/aromatic N) is 1. The van der Waals surface area contributed by atoms with Gasteiger partial charge in [0, 0.05) is 30.9 Å². The molecule has 0 aliphatic rings. The maximum absolute atomic E-state index is 11.7.